The van der Waals surface area contributed by atoms with E-state index in [9.17, 15) is 0 Å². The predicted molar refractivity (Wildman–Crippen MR) is 69.6 cm³/mol. The summed E-state index contributed by atoms with van der Waals surface area (Å²) in [6.07, 6.45) is 1.65. The van der Waals surface area contributed by atoms with E-state index >= 15 is 0 Å². The predicted octanol–water partition coefficient (Wildman–Crippen LogP) is 3.52. The smallest absolute Gasteiger partial charge is 0.147 e. The van der Waals surface area contributed by atoms with Crippen LogP contribution >= 0.6 is 23.6 Å². The highest BCUT2D eigenvalue weighted by molar-refractivity contribution is 7.71. The molecule has 0 unspecified atom stereocenters. The average molecular weight is 247 g/mol. The number of pyridine rings is 1. The third kappa shape index (κ3) is 1.28. The molecule has 3 aromatic heterocycles. The van der Waals surface area contributed by atoms with Crippen molar-refractivity contribution in [1.29, 1.82) is 0 Å². The van der Waals surface area contributed by atoms with E-state index in [-0.39, 0.29) is 0 Å². The Morgan fingerprint density at radius 2 is 2.19 bits per heavy atom. The summed E-state index contributed by atoms with van der Waals surface area (Å²) in [6.45, 7) is 4.11. The van der Waals surface area contributed by atoms with Gasteiger partial charge in [-0.05, 0) is 25.5 Å². The van der Waals surface area contributed by atoms with E-state index in [0.717, 1.165) is 20.7 Å². The number of aryl methyl sites for hydroxylation is 2. The Hall–Kier alpha value is -1.33. The Kier molecular flexibility index (Phi) is 2.05. The monoisotopic (exact) mass is 247 g/mol. The summed E-state index contributed by atoms with van der Waals surface area (Å²) < 4.78 is 1.67. The van der Waals surface area contributed by atoms with Crippen LogP contribution in [0.1, 0.15) is 11.3 Å². The summed E-state index contributed by atoms with van der Waals surface area (Å²) in [5.41, 5.74) is 3.33. The highest BCUT2D eigenvalue weighted by Gasteiger charge is 2.10. The second-order valence-electron chi connectivity index (χ2n) is 3.77. The Morgan fingerprint density at radius 3 is 3.00 bits per heavy atom. The van der Waals surface area contributed by atoms with Gasteiger partial charge in [0, 0.05) is 11.1 Å². The maximum absolute atomic E-state index is 5.22. The van der Waals surface area contributed by atoms with E-state index in [1.807, 2.05) is 6.92 Å². The van der Waals surface area contributed by atoms with Gasteiger partial charge in [0.2, 0.25) is 0 Å². The van der Waals surface area contributed by atoms with Gasteiger partial charge in [0.1, 0.15) is 9.47 Å². The number of fused-ring (bicyclic) bond motifs is 3. The molecule has 0 spiro atoms. The minimum Gasteiger partial charge on any atom is -0.344 e. The van der Waals surface area contributed by atoms with Crippen LogP contribution in [-0.2, 0) is 0 Å². The fourth-order valence-electron chi connectivity index (χ4n) is 1.94. The number of aromatic nitrogens is 3. The number of nitrogens with zero attached hydrogens (tertiary/aromatic N) is 2. The number of aromatic amines is 1. The second kappa shape index (κ2) is 3.33. The fraction of sp³-hybridized carbons (Fsp3) is 0.182. The first kappa shape index (κ1) is 9.86. The number of hydrogen-bond donors (Lipinski definition) is 1. The summed E-state index contributed by atoms with van der Waals surface area (Å²) in [6, 6.07) is 2.09. The van der Waals surface area contributed by atoms with Crippen LogP contribution in [0.15, 0.2) is 12.4 Å². The quantitative estimate of drug-likeness (QED) is 0.618. The highest BCUT2D eigenvalue weighted by atomic mass is 32.1. The molecule has 80 valence electrons. The van der Waals surface area contributed by atoms with Crippen molar-refractivity contribution >= 4 is 44.0 Å². The minimum absolute atomic E-state index is 0.647. The second-order valence-corrected chi connectivity index (χ2v) is 5.16. The Labute approximate surface area is 101 Å². The van der Waals surface area contributed by atoms with Crippen molar-refractivity contribution in [3.8, 4) is 0 Å². The number of thiophene rings is 1. The van der Waals surface area contributed by atoms with E-state index in [0.29, 0.717) is 4.64 Å². The van der Waals surface area contributed by atoms with Crippen molar-refractivity contribution in [2.24, 2.45) is 0 Å². The minimum atomic E-state index is 0.647. The molecule has 1 N–H and O–H groups in total. The molecule has 0 aliphatic heterocycles. The molecular weight excluding hydrogens is 238 g/mol. The third-order valence-electron chi connectivity index (χ3n) is 2.57. The zero-order chi connectivity index (χ0) is 11.3. The lowest BCUT2D eigenvalue weighted by Crippen LogP contribution is -1.84. The number of nitrogens with one attached hydrogen (secondary N) is 1. The van der Waals surface area contributed by atoms with Gasteiger partial charge < -0.3 is 4.98 Å². The Bertz CT molecular complexity index is 755. The largest absolute Gasteiger partial charge is 0.344 e. The summed E-state index contributed by atoms with van der Waals surface area (Å²) in [4.78, 5) is 12.8. The molecule has 0 saturated heterocycles. The lowest BCUT2D eigenvalue weighted by atomic mass is 10.1. The van der Waals surface area contributed by atoms with Gasteiger partial charge in [0.25, 0.3) is 0 Å². The van der Waals surface area contributed by atoms with Crippen LogP contribution in [-0.4, -0.2) is 15.0 Å². The van der Waals surface area contributed by atoms with E-state index in [1.165, 1.54) is 10.9 Å². The molecule has 16 heavy (non-hydrogen) atoms. The first-order valence-corrected chi connectivity index (χ1v) is 6.13. The van der Waals surface area contributed by atoms with Crippen LogP contribution < -0.4 is 0 Å². The molecule has 0 atom stereocenters. The summed E-state index contributed by atoms with van der Waals surface area (Å²) in [5, 5.41) is 1.17. The number of H-pyrrole nitrogens is 1. The summed E-state index contributed by atoms with van der Waals surface area (Å²) >= 11 is 6.83. The van der Waals surface area contributed by atoms with Crippen molar-refractivity contribution in [3.05, 3.63) is 28.3 Å². The van der Waals surface area contributed by atoms with Crippen molar-refractivity contribution in [2.75, 3.05) is 0 Å². The highest BCUT2D eigenvalue weighted by Crippen LogP contribution is 2.33. The molecule has 5 heteroatoms. The molecule has 0 aromatic carbocycles. The van der Waals surface area contributed by atoms with E-state index < -0.39 is 0 Å². The zero-order valence-electron chi connectivity index (χ0n) is 8.87. The topological polar surface area (TPSA) is 41.6 Å². The van der Waals surface area contributed by atoms with Crippen LogP contribution in [0.5, 0.6) is 0 Å². The van der Waals surface area contributed by atoms with E-state index in [2.05, 4.69) is 27.9 Å². The lowest BCUT2D eigenvalue weighted by molar-refractivity contribution is 1.21. The van der Waals surface area contributed by atoms with Crippen LogP contribution in [0.2, 0.25) is 0 Å². The number of hydrogen-bond acceptors (Lipinski definition) is 4. The van der Waals surface area contributed by atoms with Crippen LogP contribution in [0.3, 0.4) is 0 Å². The van der Waals surface area contributed by atoms with Crippen molar-refractivity contribution in [2.45, 2.75) is 13.8 Å². The van der Waals surface area contributed by atoms with Gasteiger partial charge in [-0.25, -0.2) is 9.97 Å². The molecule has 3 nitrogen and oxygen atoms in total. The molecule has 0 amide bonds. The fourth-order valence-corrected chi connectivity index (χ4v) is 3.38. The van der Waals surface area contributed by atoms with Crippen LogP contribution in [0.25, 0.3) is 20.4 Å². The van der Waals surface area contributed by atoms with Gasteiger partial charge in [-0.15, -0.1) is 11.3 Å². The zero-order valence-corrected chi connectivity index (χ0v) is 10.5. The van der Waals surface area contributed by atoms with Crippen molar-refractivity contribution in [1.82, 2.24) is 15.0 Å². The normalized spacial score (nSPS) is 11.4. The Balaban J connectivity index is 2.67. The van der Waals surface area contributed by atoms with Gasteiger partial charge in [0.05, 0.1) is 16.5 Å². The maximum Gasteiger partial charge on any atom is 0.147 e. The molecule has 3 rings (SSSR count). The first-order valence-electron chi connectivity index (χ1n) is 4.91. The third-order valence-corrected chi connectivity index (χ3v) is 4.10. The van der Waals surface area contributed by atoms with Crippen molar-refractivity contribution < 1.29 is 0 Å². The van der Waals surface area contributed by atoms with Crippen molar-refractivity contribution in [3.63, 3.8) is 0 Å². The SMILES string of the molecule is Cc1cc(C)c2c(n1)sc1c(=S)nc[nH]c12. The molecule has 0 radical (unpaired) electrons. The van der Waals surface area contributed by atoms with Crippen LogP contribution in [0.4, 0.5) is 0 Å². The molecular formula is C11H9N3S2. The molecule has 0 aliphatic carbocycles. The van der Waals surface area contributed by atoms with Gasteiger partial charge in [-0.1, -0.05) is 12.2 Å². The number of rotatable bonds is 0. The summed E-state index contributed by atoms with van der Waals surface area (Å²) in [5.74, 6) is 0. The van der Waals surface area contributed by atoms with Gasteiger partial charge in [-0.3, -0.25) is 0 Å². The molecule has 3 heterocycles. The maximum atomic E-state index is 5.22. The molecule has 3 aromatic rings. The van der Waals surface area contributed by atoms with E-state index in [1.54, 1.807) is 17.7 Å². The first-order chi connectivity index (χ1) is 7.66. The molecule has 0 saturated carbocycles. The van der Waals surface area contributed by atoms with Crippen LogP contribution in [0, 0.1) is 18.5 Å². The van der Waals surface area contributed by atoms with Gasteiger partial charge in [-0.2, -0.15) is 0 Å². The van der Waals surface area contributed by atoms with Gasteiger partial charge in [0.15, 0.2) is 0 Å². The van der Waals surface area contributed by atoms with E-state index in [4.69, 9.17) is 12.2 Å². The standard InChI is InChI=1S/C11H9N3S2/c1-5-3-6(2)14-11-7(5)8-9(16-11)10(15)13-4-12-8/h3-4H,1-2H3,(H,12,13,15). The molecule has 0 bridgehead atoms. The Morgan fingerprint density at radius 1 is 1.38 bits per heavy atom. The van der Waals surface area contributed by atoms with Gasteiger partial charge >= 0.3 is 0 Å². The molecule has 0 fully saturated rings. The molecule has 0 aliphatic rings. The lowest BCUT2D eigenvalue weighted by Gasteiger charge is -1.98. The average Bonchev–Trinajstić information content (AvgIpc) is 2.57. The summed E-state index contributed by atoms with van der Waals surface area (Å²) in [7, 11) is 0.